The van der Waals surface area contributed by atoms with E-state index in [-0.39, 0.29) is 0 Å². The van der Waals surface area contributed by atoms with Crippen molar-refractivity contribution in [3.05, 3.63) is 142 Å². The van der Waals surface area contributed by atoms with Crippen molar-refractivity contribution in [1.82, 2.24) is 125 Å². The summed E-state index contributed by atoms with van der Waals surface area (Å²) in [4.78, 5) is 25.9. The van der Waals surface area contributed by atoms with E-state index < -0.39 is 0 Å². The summed E-state index contributed by atoms with van der Waals surface area (Å²) in [5, 5.41) is 55.9. The summed E-state index contributed by atoms with van der Waals surface area (Å²) in [5.41, 5.74) is 7.58. The minimum atomic E-state index is 0.566. The molecular formula is C56H89N27O2. The minimum absolute atomic E-state index is 0.566. The second-order valence-corrected chi connectivity index (χ2v) is 20.4. The third-order valence-electron chi connectivity index (χ3n) is 11.2. The van der Waals surface area contributed by atoms with Crippen LogP contribution < -0.4 is 0 Å². The Morgan fingerprint density at radius 2 is 1.26 bits per heavy atom. The number of aromatic amines is 1. The SMILES string of the molecule is CC1=NN=C(C)C1.Cc1cc(C)on1.Cc1ccnc(C)c1.Cc1cn(C)cn1.Cc1cn(C)nn1.Cc1n[nH]c(C)n1.Cc1nc2n(n1)CCC[C@@H]2C.Cc1nc2n(n1)[C@@H](C)CC2.Cc1ncn(C)n1.Cc1nnc(C)o1.Cc1nnn(C)n1. The number of fused-ring (bicyclic) bond motifs is 2. The van der Waals surface area contributed by atoms with Gasteiger partial charge in [-0.2, -0.15) is 35.4 Å². The molecule has 0 spiro atoms. The van der Waals surface area contributed by atoms with Crippen molar-refractivity contribution in [2.45, 2.75) is 175 Å². The largest absolute Gasteiger partial charge is 0.426 e. The zero-order valence-electron chi connectivity index (χ0n) is 54.0. The highest BCUT2D eigenvalue weighted by Gasteiger charge is 2.20. The first-order valence-corrected chi connectivity index (χ1v) is 27.8. The van der Waals surface area contributed by atoms with Crippen molar-refractivity contribution in [3.8, 4) is 0 Å². The monoisotopic (exact) mass is 1170 g/mol. The number of pyridine rings is 1. The number of tetrazole rings is 1. The Kier molecular flexibility index (Phi) is 30.0. The molecule has 10 aromatic heterocycles. The quantitative estimate of drug-likeness (QED) is 0.149. The van der Waals surface area contributed by atoms with E-state index in [4.69, 9.17) is 8.94 Å². The highest BCUT2D eigenvalue weighted by Crippen LogP contribution is 2.24. The molecule has 1 N–H and O–H groups in total. The third kappa shape index (κ3) is 29.6. The normalized spacial score (nSPS) is 13.6. The third-order valence-corrected chi connectivity index (χ3v) is 11.2. The average Bonchev–Trinajstić information content (AvgIpc) is 4.40. The molecule has 0 unspecified atom stereocenters. The molecule has 0 fully saturated rings. The summed E-state index contributed by atoms with van der Waals surface area (Å²) >= 11 is 0. The zero-order chi connectivity index (χ0) is 63.2. The second kappa shape index (κ2) is 36.4. The molecule has 0 radical (unpaired) electrons. The van der Waals surface area contributed by atoms with Crippen molar-refractivity contribution in [1.29, 1.82) is 0 Å². The molecular weight excluding hydrogens is 1080 g/mol. The molecule has 3 aliphatic heterocycles. The molecule has 85 heavy (non-hydrogen) atoms. The van der Waals surface area contributed by atoms with E-state index in [0.29, 0.717) is 29.6 Å². The first-order valence-electron chi connectivity index (χ1n) is 27.8. The van der Waals surface area contributed by atoms with Crippen molar-refractivity contribution >= 4 is 11.4 Å². The summed E-state index contributed by atoms with van der Waals surface area (Å²) in [5.74, 6) is 10.1. The van der Waals surface area contributed by atoms with Crippen LogP contribution in [-0.2, 0) is 41.2 Å². The number of rotatable bonds is 0. The number of hydrogen-bond donors (Lipinski definition) is 1. The fourth-order valence-corrected chi connectivity index (χ4v) is 7.61. The molecule has 0 bridgehead atoms. The maximum Gasteiger partial charge on any atom is 0.213 e. The van der Waals surface area contributed by atoms with E-state index >= 15 is 0 Å². The minimum Gasteiger partial charge on any atom is -0.426 e. The van der Waals surface area contributed by atoms with Gasteiger partial charge < -0.3 is 13.5 Å². The van der Waals surface area contributed by atoms with Gasteiger partial charge in [0.2, 0.25) is 11.8 Å². The van der Waals surface area contributed by atoms with E-state index in [1.807, 2.05) is 149 Å². The summed E-state index contributed by atoms with van der Waals surface area (Å²) < 4.78 is 18.9. The fraction of sp³-hybridized carbons (Fsp3) is 0.536. The summed E-state index contributed by atoms with van der Waals surface area (Å²) in [7, 11) is 7.39. The Labute approximate surface area is 498 Å². The van der Waals surface area contributed by atoms with Crippen LogP contribution in [0.15, 0.2) is 68.6 Å². The Balaban J connectivity index is 0.000000246. The van der Waals surface area contributed by atoms with Crippen LogP contribution in [0.4, 0.5) is 0 Å². The Morgan fingerprint density at radius 3 is 1.56 bits per heavy atom. The van der Waals surface area contributed by atoms with Crippen LogP contribution >= 0.6 is 0 Å². The first kappa shape index (κ1) is 70.1. The van der Waals surface area contributed by atoms with Gasteiger partial charge >= 0.3 is 0 Å². The Morgan fingerprint density at radius 1 is 0.576 bits per heavy atom. The van der Waals surface area contributed by atoms with Gasteiger partial charge in [-0.3, -0.25) is 19.4 Å². The van der Waals surface area contributed by atoms with Gasteiger partial charge in [0.1, 0.15) is 52.9 Å². The van der Waals surface area contributed by atoms with Crippen LogP contribution in [0.25, 0.3) is 0 Å². The van der Waals surface area contributed by atoms with Crippen LogP contribution in [-0.4, -0.2) is 136 Å². The lowest BCUT2D eigenvalue weighted by molar-refractivity contribution is 0.393. The summed E-state index contributed by atoms with van der Waals surface area (Å²) in [6.45, 7) is 36.0. The molecule has 10 aromatic rings. The molecule has 29 nitrogen and oxygen atoms in total. The smallest absolute Gasteiger partial charge is 0.213 e. The molecule has 0 amide bonds. The van der Waals surface area contributed by atoms with Gasteiger partial charge in [0.25, 0.3) is 0 Å². The molecule has 460 valence electrons. The molecule has 3 aliphatic rings. The standard InChI is InChI=1S/C8H13N3.C7H11N3.C7H9N.2C5H8N2.C5H7NO.3C4H7N3.C4H6N2O.C3H6N4/c1-6-4-3-5-11-8(6)9-7(2)10-11;1-5-3-4-7-8-6(2)9-10(5)7;1-6-3-4-8-7(2)5-6;1-5-3-7(2)4-6-5;2*1-4-3-5(2)7-6-4;1-4-5-3-7(2)6-4;1-4-3-7(2)6-5-4;1-3-5-4(2)7-6-3;1-3-5-6-4(2)7-3;1-3-4-6-7(2)5-3/h6H,3-5H2,1-2H3;5H,3-4H2,1-2H3;3-5H,1-2H3;3-4H,1-2H3;3H2,1-2H3;3*3H,1-2H3;1-2H3,(H,5,6,7);2*1-2H3/t6-;5-;;;;;;;;;/m00........./s1. The number of nitrogens with one attached hydrogen (secondary N) is 1. The summed E-state index contributed by atoms with van der Waals surface area (Å²) in [6.07, 6.45) is 14.9. The molecule has 0 saturated carbocycles. The predicted octanol–water partition coefficient (Wildman–Crippen LogP) is 8.40. The Hall–Kier alpha value is -9.18. The Bertz CT molecular complexity index is 2980. The van der Waals surface area contributed by atoms with Crippen LogP contribution in [0, 0.1) is 96.9 Å². The van der Waals surface area contributed by atoms with Crippen LogP contribution in [0.2, 0.25) is 0 Å². The van der Waals surface area contributed by atoms with Gasteiger partial charge in [-0.15, -0.1) is 25.5 Å². The lowest BCUT2D eigenvalue weighted by atomic mass is 10.0. The van der Waals surface area contributed by atoms with Gasteiger partial charge in [-0.25, -0.2) is 34.3 Å². The van der Waals surface area contributed by atoms with Crippen LogP contribution in [0.5, 0.6) is 0 Å². The highest BCUT2D eigenvalue weighted by molar-refractivity contribution is 6.05. The second-order valence-electron chi connectivity index (χ2n) is 20.4. The fourth-order valence-electron chi connectivity index (χ4n) is 7.61. The van der Waals surface area contributed by atoms with Crippen LogP contribution in [0.1, 0.15) is 158 Å². The number of imidazole rings is 1. The van der Waals surface area contributed by atoms with E-state index in [1.54, 1.807) is 49.8 Å². The predicted molar refractivity (Wildman–Crippen MR) is 323 cm³/mol. The van der Waals surface area contributed by atoms with Crippen molar-refractivity contribution < 1.29 is 8.94 Å². The van der Waals surface area contributed by atoms with Gasteiger partial charge in [0.05, 0.1) is 36.5 Å². The van der Waals surface area contributed by atoms with E-state index in [0.717, 1.165) is 94.3 Å². The van der Waals surface area contributed by atoms with Gasteiger partial charge in [0, 0.05) is 102 Å². The summed E-state index contributed by atoms with van der Waals surface area (Å²) in [6, 6.07) is 6.50. The van der Waals surface area contributed by atoms with Crippen molar-refractivity contribution in [2.75, 3.05) is 0 Å². The van der Waals surface area contributed by atoms with E-state index in [9.17, 15) is 0 Å². The molecule has 0 saturated heterocycles. The lowest BCUT2D eigenvalue weighted by Gasteiger charge is -2.17. The molecule has 0 aromatic carbocycles. The maximum absolute atomic E-state index is 4.86. The topological polar surface area (TPSA) is 328 Å². The zero-order valence-corrected chi connectivity index (χ0v) is 54.0. The van der Waals surface area contributed by atoms with Gasteiger partial charge in [-0.1, -0.05) is 17.3 Å². The number of H-pyrrole nitrogens is 1. The van der Waals surface area contributed by atoms with Gasteiger partial charge in [-0.05, 0) is 146 Å². The van der Waals surface area contributed by atoms with Crippen molar-refractivity contribution in [3.63, 3.8) is 0 Å². The number of aryl methyl sites for hydroxylation is 20. The number of aromatic nitrogens is 25. The average molecular weight is 1170 g/mol. The van der Waals surface area contributed by atoms with E-state index in [2.05, 4.69) is 134 Å². The lowest BCUT2D eigenvalue weighted by Crippen LogP contribution is -2.14. The maximum atomic E-state index is 4.86. The molecule has 13 heterocycles. The molecule has 2 atom stereocenters. The molecule has 13 rings (SSSR count). The van der Waals surface area contributed by atoms with E-state index in [1.165, 1.54) is 35.4 Å². The van der Waals surface area contributed by atoms with Crippen molar-refractivity contribution in [2.24, 2.45) is 38.4 Å². The molecule has 0 aliphatic carbocycles. The highest BCUT2D eigenvalue weighted by atomic mass is 16.5. The van der Waals surface area contributed by atoms with Gasteiger partial charge in [0.15, 0.2) is 5.82 Å². The first-order chi connectivity index (χ1) is 40.1. The number of nitrogens with zero attached hydrogens (tertiary/aromatic N) is 26. The number of hydrogen-bond acceptors (Lipinski definition) is 22. The van der Waals surface area contributed by atoms with Crippen LogP contribution in [0.3, 0.4) is 0 Å². The molecule has 29 heteroatoms.